The van der Waals surface area contributed by atoms with Crippen molar-refractivity contribution >= 4 is 50.7 Å². The molecule has 0 saturated heterocycles. The normalized spacial score (nSPS) is 10.4. The quantitative estimate of drug-likeness (QED) is 0.579. The summed E-state index contributed by atoms with van der Waals surface area (Å²) in [7, 11) is 0. The van der Waals surface area contributed by atoms with Crippen LogP contribution in [0.1, 0.15) is 20.9 Å². The predicted molar refractivity (Wildman–Crippen MR) is 100 cm³/mol. The molecule has 0 aliphatic heterocycles. The molecule has 132 valence electrons. The molecule has 1 heterocycles. The Morgan fingerprint density at radius 2 is 1.81 bits per heavy atom. The second-order valence-corrected chi connectivity index (χ2v) is 6.43. The zero-order valence-electron chi connectivity index (χ0n) is 13.1. The molecule has 0 unspecified atom stereocenters. The van der Waals surface area contributed by atoms with Crippen LogP contribution in [-0.4, -0.2) is 11.8 Å². The highest BCUT2D eigenvalue weighted by molar-refractivity contribution is 9.10. The summed E-state index contributed by atoms with van der Waals surface area (Å²) in [6.45, 7) is 0. The van der Waals surface area contributed by atoms with E-state index in [2.05, 4.69) is 26.6 Å². The van der Waals surface area contributed by atoms with E-state index in [1.165, 1.54) is 24.3 Å². The monoisotopic (exact) mass is 436 g/mol. The van der Waals surface area contributed by atoms with Gasteiger partial charge in [-0.2, -0.15) is 0 Å². The van der Waals surface area contributed by atoms with E-state index in [-0.39, 0.29) is 22.0 Å². The zero-order chi connectivity index (χ0) is 18.7. The first kappa shape index (κ1) is 18.2. The molecular weight excluding hydrogens is 427 g/mol. The fourth-order valence-electron chi connectivity index (χ4n) is 2.15. The van der Waals surface area contributed by atoms with Gasteiger partial charge in [0.15, 0.2) is 10.4 Å². The van der Waals surface area contributed by atoms with Crippen molar-refractivity contribution < 1.29 is 18.4 Å². The Morgan fingerprint density at radius 3 is 2.50 bits per heavy atom. The molecule has 5 nitrogen and oxygen atoms in total. The Kier molecular flexibility index (Phi) is 5.39. The number of rotatable bonds is 4. The summed E-state index contributed by atoms with van der Waals surface area (Å²) in [5, 5.41) is 5.32. The van der Waals surface area contributed by atoms with Gasteiger partial charge in [0.1, 0.15) is 5.82 Å². The highest BCUT2D eigenvalue weighted by atomic mass is 79.9. The van der Waals surface area contributed by atoms with E-state index in [4.69, 9.17) is 16.0 Å². The molecule has 3 aromatic rings. The van der Waals surface area contributed by atoms with Crippen LogP contribution in [0.25, 0.3) is 0 Å². The number of nitrogens with one attached hydrogen (secondary N) is 2. The summed E-state index contributed by atoms with van der Waals surface area (Å²) in [4.78, 5) is 24.4. The lowest BCUT2D eigenvalue weighted by molar-refractivity contribution is 0.0992. The van der Waals surface area contributed by atoms with Crippen molar-refractivity contribution in [2.24, 2.45) is 0 Å². The maximum atomic E-state index is 13.8. The summed E-state index contributed by atoms with van der Waals surface area (Å²) in [5.41, 5.74) is 0.652. The molecule has 0 saturated carbocycles. The molecule has 26 heavy (non-hydrogen) atoms. The summed E-state index contributed by atoms with van der Waals surface area (Å²) in [5.74, 6) is -1.51. The van der Waals surface area contributed by atoms with Crippen LogP contribution in [0.4, 0.5) is 15.8 Å². The summed E-state index contributed by atoms with van der Waals surface area (Å²) in [6.07, 6.45) is 0. The van der Waals surface area contributed by atoms with Gasteiger partial charge >= 0.3 is 0 Å². The number of carbonyl (C=O) groups is 2. The van der Waals surface area contributed by atoms with Gasteiger partial charge in [-0.3, -0.25) is 9.59 Å². The average molecular weight is 438 g/mol. The van der Waals surface area contributed by atoms with Crippen molar-refractivity contribution in [2.45, 2.75) is 0 Å². The number of halogens is 3. The summed E-state index contributed by atoms with van der Waals surface area (Å²) >= 11 is 8.81. The van der Waals surface area contributed by atoms with Crippen LogP contribution >= 0.6 is 27.5 Å². The topological polar surface area (TPSA) is 71.3 Å². The Balaban J connectivity index is 1.74. The third-order valence-electron chi connectivity index (χ3n) is 3.36. The number of anilines is 2. The number of carbonyl (C=O) groups excluding carboxylic acids is 2. The van der Waals surface area contributed by atoms with Gasteiger partial charge in [0.05, 0.1) is 5.69 Å². The summed E-state index contributed by atoms with van der Waals surface area (Å²) in [6, 6.07) is 13.3. The van der Waals surface area contributed by atoms with E-state index in [1.807, 2.05) is 0 Å². The molecule has 8 heteroatoms. The van der Waals surface area contributed by atoms with Crippen molar-refractivity contribution in [1.29, 1.82) is 0 Å². The number of hydrogen-bond donors (Lipinski definition) is 2. The standard InChI is InChI=1S/C18H11BrClFN2O3/c19-16-7-6-15(26-16)18(25)22-12-3-1-2-10(8-12)17(24)23-14-5-4-11(20)9-13(14)21/h1-9H,(H,22,25)(H,23,24). The molecule has 1 aromatic heterocycles. The zero-order valence-corrected chi connectivity index (χ0v) is 15.4. The molecule has 0 radical (unpaired) electrons. The molecule has 2 N–H and O–H groups in total. The van der Waals surface area contributed by atoms with Gasteiger partial charge < -0.3 is 15.1 Å². The number of amides is 2. The first-order valence-corrected chi connectivity index (χ1v) is 8.52. The first-order valence-electron chi connectivity index (χ1n) is 7.35. The molecule has 2 amide bonds. The van der Waals surface area contributed by atoms with E-state index < -0.39 is 17.6 Å². The summed E-state index contributed by atoms with van der Waals surface area (Å²) < 4.78 is 19.4. The van der Waals surface area contributed by atoms with E-state index in [0.717, 1.165) is 6.07 Å². The van der Waals surface area contributed by atoms with Crippen LogP contribution < -0.4 is 10.6 Å². The Morgan fingerprint density at radius 1 is 1.00 bits per heavy atom. The second-order valence-electron chi connectivity index (χ2n) is 5.22. The average Bonchev–Trinajstić information content (AvgIpc) is 3.04. The van der Waals surface area contributed by atoms with Gasteiger partial charge in [0, 0.05) is 16.3 Å². The van der Waals surface area contributed by atoms with Gasteiger partial charge in [-0.1, -0.05) is 17.7 Å². The molecule has 0 fully saturated rings. The third kappa shape index (κ3) is 4.30. The fraction of sp³-hybridized carbons (Fsp3) is 0. The maximum Gasteiger partial charge on any atom is 0.291 e. The number of hydrogen-bond acceptors (Lipinski definition) is 3. The highest BCUT2D eigenvalue weighted by Crippen LogP contribution is 2.21. The minimum atomic E-state index is -0.640. The van der Waals surface area contributed by atoms with Crippen molar-refractivity contribution in [3.63, 3.8) is 0 Å². The Labute approximate surface area is 161 Å². The molecule has 0 aliphatic carbocycles. The lowest BCUT2D eigenvalue weighted by atomic mass is 10.1. The predicted octanol–water partition coefficient (Wildman–Crippen LogP) is 5.34. The van der Waals surface area contributed by atoms with Crippen LogP contribution in [-0.2, 0) is 0 Å². The minimum absolute atomic E-state index is 0.00859. The fourth-order valence-corrected chi connectivity index (χ4v) is 2.62. The molecule has 3 rings (SSSR count). The Bertz CT molecular complexity index is 990. The van der Waals surface area contributed by atoms with Crippen LogP contribution in [0.15, 0.2) is 63.7 Å². The molecule has 0 atom stereocenters. The lowest BCUT2D eigenvalue weighted by Crippen LogP contribution is -2.15. The maximum absolute atomic E-state index is 13.8. The molecular formula is C18H11BrClFN2O3. The van der Waals surface area contributed by atoms with Crippen LogP contribution in [0.2, 0.25) is 5.02 Å². The lowest BCUT2D eigenvalue weighted by Gasteiger charge is -2.09. The highest BCUT2D eigenvalue weighted by Gasteiger charge is 2.13. The van der Waals surface area contributed by atoms with Gasteiger partial charge in [-0.05, 0) is 64.5 Å². The van der Waals surface area contributed by atoms with E-state index in [1.54, 1.807) is 24.3 Å². The van der Waals surface area contributed by atoms with Crippen molar-refractivity contribution in [2.75, 3.05) is 10.6 Å². The smallest absolute Gasteiger partial charge is 0.291 e. The van der Waals surface area contributed by atoms with Gasteiger partial charge in [0.25, 0.3) is 11.8 Å². The Hall–Kier alpha value is -2.64. The van der Waals surface area contributed by atoms with Crippen molar-refractivity contribution in [1.82, 2.24) is 0 Å². The van der Waals surface area contributed by atoms with E-state index in [9.17, 15) is 14.0 Å². The van der Waals surface area contributed by atoms with Crippen molar-refractivity contribution in [3.05, 3.63) is 81.4 Å². The van der Waals surface area contributed by atoms with Crippen LogP contribution in [0.3, 0.4) is 0 Å². The molecule has 0 bridgehead atoms. The number of furan rings is 1. The SMILES string of the molecule is O=C(Nc1ccc(Cl)cc1F)c1cccc(NC(=O)c2ccc(Br)o2)c1. The largest absolute Gasteiger partial charge is 0.444 e. The van der Waals surface area contributed by atoms with Gasteiger partial charge in [0.2, 0.25) is 0 Å². The first-order chi connectivity index (χ1) is 12.4. The molecule has 0 aliphatic rings. The second kappa shape index (κ2) is 7.72. The minimum Gasteiger partial charge on any atom is -0.444 e. The van der Waals surface area contributed by atoms with E-state index in [0.29, 0.717) is 10.4 Å². The van der Waals surface area contributed by atoms with Crippen LogP contribution in [0.5, 0.6) is 0 Å². The number of benzene rings is 2. The van der Waals surface area contributed by atoms with Crippen molar-refractivity contribution in [3.8, 4) is 0 Å². The third-order valence-corrected chi connectivity index (χ3v) is 4.02. The molecule has 2 aromatic carbocycles. The van der Waals surface area contributed by atoms with Crippen LogP contribution in [0, 0.1) is 5.82 Å². The van der Waals surface area contributed by atoms with Gasteiger partial charge in [-0.25, -0.2) is 4.39 Å². The van der Waals surface area contributed by atoms with Gasteiger partial charge in [-0.15, -0.1) is 0 Å². The van der Waals surface area contributed by atoms with E-state index >= 15 is 0 Å². The molecule has 0 spiro atoms.